The Hall–Kier alpha value is -2.11. The minimum absolute atomic E-state index is 0.0856. The summed E-state index contributed by atoms with van der Waals surface area (Å²) in [5, 5.41) is 2.85. The summed E-state index contributed by atoms with van der Waals surface area (Å²) in [6.07, 6.45) is 3.84. The van der Waals surface area contributed by atoms with Crippen LogP contribution < -0.4 is 0 Å². The van der Waals surface area contributed by atoms with Gasteiger partial charge in [-0.1, -0.05) is 36.0 Å². The maximum absolute atomic E-state index is 13.2. The largest absolute Gasteiger partial charge is 0.331 e. The molecule has 1 aromatic carbocycles. The van der Waals surface area contributed by atoms with Crippen LogP contribution in [-0.2, 0) is 0 Å². The van der Waals surface area contributed by atoms with Gasteiger partial charge in [0, 0.05) is 22.5 Å². The van der Waals surface area contributed by atoms with Gasteiger partial charge in [-0.05, 0) is 48.6 Å². The van der Waals surface area contributed by atoms with Gasteiger partial charge in [-0.2, -0.15) is 0 Å². The van der Waals surface area contributed by atoms with Gasteiger partial charge >= 0.3 is 0 Å². The molecule has 4 rings (SSSR count). The molecule has 3 nitrogen and oxygen atoms in total. The molecular formula is C20H18N2OS2. The molecule has 3 heterocycles. The van der Waals surface area contributed by atoms with Gasteiger partial charge in [-0.25, -0.2) is 4.98 Å². The summed E-state index contributed by atoms with van der Waals surface area (Å²) in [4.78, 5) is 22.1. The van der Waals surface area contributed by atoms with E-state index in [1.54, 1.807) is 29.3 Å². The second-order valence-corrected chi connectivity index (χ2v) is 7.98. The van der Waals surface area contributed by atoms with Gasteiger partial charge in [0.25, 0.3) is 5.91 Å². The van der Waals surface area contributed by atoms with Crippen molar-refractivity contribution in [3.05, 3.63) is 76.6 Å². The summed E-state index contributed by atoms with van der Waals surface area (Å²) in [6, 6.07) is 18.2. The lowest BCUT2D eigenvalue weighted by Gasteiger charge is -2.24. The molecule has 0 bridgehead atoms. The van der Waals surface area contributed by atoms with Gasteiger partial charge in [-0.15, -0.1) is 11.3 Å². The van der Waals surface area contributed by atoms with Crippen LogP contribution >= 0.6 is 23.1 Å². The van der Waals surface area contributed by atoms with E-state index in [-0.39, 0.29) is 11.9 Å². The zero-order valence-corrected chi connectivity index (χ0v) is 15.3. The molecule has 25 heavy (non-hydrogen) atoms. The first-order valence-corrected chi connectivity index (χ1v) is 10.0. The Kier molecular flexibility index (Phi) is 4.85. The van der Waals surface area contributed by atoms with E-state index in [0.29, 0.717) is 5.56 Å². The van der Waals surface area contributed by atoms with Crippen LogP contribution in [0.4, 0.5) is 0 Å². The van der Waals surface area contributed by atoms with Crippen LogP contribution in [0.25, 0.3) is 0 Å². The highest BCUT2D eigenvalue weighted by molar-refractivity contribution is 7.99. The lowest BCUT2D eigenvalue weighted by molar-refractivity contribution is 0.0733. The fraction of sp³-hybridized carbons (Fsp3) is 0.200. The number of carbonyl (C=O) groups is 1. The highest BCUT2D eigenvalue weighted by atomic mass is 32.2. The Bertz CT molecular complexity index is 849. The summed E-state index contributed by atoms with van der Waals surface area (Å²) in [5.41, 5.74) is 0.694. The van der Waals surface area contributed by atoms with Crippen molar-refractivity contribution >= 4 is 29.0 Å². The SMILES string of the molecule is O=C(c1cccnc1Sc1ccccc1)N1CCC[C@H]1c1cccs1. The van der Waals surface area contributed by atoms with Crippen LogP contribution in [0.1, 0.15) is 34.1 Å². The highest BCUT2D eigenvalue weighted by Gasteiger charge is 2.32. The maximum Gasteiger partial charge on any atom is 0.257 e. The Labute approximate surface area is 155 Å². The summed E-state index contributed by atoms with van der Waals surface area (Å²) in [6.45, 7) is 0.811. The van der Waals surface area contributed by atoms with Crippen LogP contribution in [0, 0.1) is 0 Å². The van der Waals surface area contributed by atoms with Crippen molar-refractivity contribution in [1.82, 2.24) is 9.88 Å². The molecule has 1 aliphatic rings. The molecule has 0 unspecified atom stereocenters. The van der Waals surface area contributed by atoms with Crippen molar-refractivity contribution in [2.75, 3.05) is 6.54 Å². The highest BCUT2D eigenvalue weighted by Crippen LogP contribution is 2.37. The third-order valence-electron chi connectivity index (χ3n) is 4.34. The Morgan fingerprint density at radius 3 is 2.80 bits per heavy atom. The minimum Gasteiger partial charge on any atom is -0.331 e. The number of thiophene rings is 1. The standard InChI is InChI=1S/C20H18N2OS2/c23-20(22-13-5-10-17(22)18-11-6-14-24-18)16-9-4-12-21-19(16)25-15-7-2-1-3-8-15/h1-4,6-9,11-12,14,17H,5,10,13H2/t17-/m0/s1. The molecule has 1 aliphatic heterocycles. The van der Waals surface area contributed by atoms with E-state index in [2.05, 4.69) is 22.5 Å². The fourth-order valence-electron chi connectivity index (χ4n) is 3.18. The van der Waals surface area contributed by atoms with Crippen molar-refractivity contribution in [3.8, 4) is 0 Å². The lowest BCUT2D eigenvalue weighted by atomic mass is 10.1. The molecule has 0 radical (unpaired) electrons. The second kappa shape index (κ2) is 7.42. The predicted molar refractivity (Wildman–Crippen MR) is 102 cm³/mol. The Balaban J connectivity index is 1.62. The zero-order valence-electron chi connectivity index (χ0n) is 13.7. The minimum atomic E-state index is 0.0856. The van der Waals surface area contributed by atoms with Gasteiger partial charge in [0.05, 0.1) is 11.6 Å². The van der Waals surface area contributed by atoms with Crippen LogP contribution in [-0.4, -0.2) is 22.3 Å². The number of carbonyl (C=O) groups excluding carboxylic acids is 1. The number of amides is 1. The number of pyridine rings is 1. The molecule has 1 saturated heterocycles. The quantitative estimate of drug-likeness (QED) is 0.630. The lowest BCUT2D eigenvalue weighted by Crippen LogP contribution is -2.30. The zero-order chi connectivity index (χ0) is 17.1. The van der Waals surface area contributed by atoms with Gasteiger partial charge < -0.3 is 4.90 Å². The van der Waals surface area contributed by atoms with E-state index < -0.39 is 0 Å². The number of hydrogen-bond donors (Lipinski definition) is 0. The fourth-order valence-corrected chi connectivity index (χ4v) is 4.95. The van der Waals surface area contributed by atoms with Gasteiger partial charge in [-0.3, -0.25) is 4.79 Å². The summed E-state index contributed by atoms with van der Waals surface area (Å²) in [7, 11) is 0. The van der Waals surface area contributed by atoms with Crippen molar-refractivity contribution in [1.29, 1.82) is 0 Å². The molecular weight excluding hydrogens is 348 g/mol. The molecule has 3 aromatic rings. The summed E-state index contributed by atoms with van der Waals surface area (Å²) < 4.78 is 0. The van der Waals surface area contributed by atoms with E-state index in [1.165, 1.54) is 4.88 Å². The molecule has 0 spiro atoms. The van der Waals surface area contributed by atoms with Gasteiger partial charge in [0.2, 0.25) is 0 Å². The third kappa shape index (κ3) is 3.48. The summed E-state index contributed by atoms with van der Waals surface area (Å²) >= 11 is 3.27. The monoisotopic (exact) mass is 366 g/mol. The molecule has 0 N–H and O–H groups in total. The number of hydrogen-bond acceptors (Lipinski definition) is 4. The molecule has 0 aliphatic carbocycles. The molecule has 1 fully saturated rings. The number of nitrogens with zero attached hydrogens (tertiary/aromatic N) is 2. The van der Waals surface area contributed by atoms with Crippen molar-refractivity contribution < 1.29 is 4.79 Å². The van der Waals surface area contributed by atoms with E-state index in [0.717, 1.165) is 29.3 Å². The molecule has 126 valence electrons. The van der Waals surface area contributed by atoms with Crippen LogP contribution in [0.5, 0.6) is 0 Å². The van der Waals surface area contributed by atoms with E-state index in [1.807, 2.05) is 47.4 Å². The topological polar surface area (TPSA) is 33.2 Å². The molecule has 1 amide bonds. The average molecular weight is 367 g/mol. The first kappa shape index (κ1) is 16.4. The number of rotatable bonds is 4. The normalized spacial score (nSPS) is 17.0. The third-order valence-corrected chi connectivity index (χ3v) is 6.34. The molecule has 5 heteroatoms. The van der Waals surface area contributed by atoms with Gasteiger partial charge in [0.15, 0.2) is 0 Å². The Morgan fingerprint density at radius 2 is 2.00 bits per heavy atom. The average Bonchev–Trinajstić information content (AvgIpc) is 3.34. The number of likely N-dealkylation sites (tertiary alicyclic amines) is 1. The van der Waals surface area contributed by atoms with Crippen LogP contribution in [0.15, 0.2) is 76.1 Å². The molecule has 1 atom stereocenters. The van der Waals surface area contributed by atoms with Gasteiger partial charge in [0.1, 0.15) is 5.03 Å². The smallest absolute Gasteiger partial charge is 0.257 e. The summed E-state index contributed by atoms with van der Waals surface area (Å²) in [5.74, 6) is 0.0856. The first-order chi connectivity index (χ1) is 12.3. The van der Waals surface area contributed by atoms with Crippen molar-refractivity contribution in [3.63, 3.8) is 0 Å². The Morgan fingerprint density at radius 1 is 1.12 bits per heavy atom. The molecule has 0 saturated carbocycles. The van der Waals surface area contributed by atoms with E-state index in [4.69, 9.17) is 0 Å². The van der Waals surface area contributed by atoms with Crippen molar-refractivity contribution in [2.45, 2.75) is 28.8 Å². The maximum atomic E-state index is 13.2. The predicted octanol–water partition coefficient (Wildman–Crippen LogP) is 5.27. The molecule has 2 aromatic heterocycles. The first-order valence-electron chi connectivity index (χ1n) is 8.35. The number of benzene rings is 1. The van der Waals surface area contributed by atoms with Crippen molar-refractivity contribution in [2.24, 2.45) is 0 Å². The van der Waals surface area contributed by atoms with E-state index >= 15 is 0 Å². The van der Waals surface area contributed by atoms with E-state index in [9.17, 15) is 4.79 Å². The van der Waals surface area contributed by atoms with Crippen LogP contribution in [0.2, 0.25) is 0 Å². The number of aromatic nitrogens is 1. The van der Waals surface area contributed by atoms with Crippen LogP contribution in [0.3, 0.4) is 0 Å². The second-order valence-electron chi connectivity index (χ2n) is 5.94.